The molecule has 0 saturated carbocycles. The van der Waals surface area contributed by atoms with Crippen molar-refractivity contribution < 1.29 is 17.6 Å². The molecule has 1 aliphatic rings. The molecular weight excluding hydrogens is 315 g/mol. The van der Waals surface area contributed by atoms with E-state index in [2.05, 4.69) is 0 Å². The van der Waals surface area contributed by atoms with E-state index in [4.69, 9.17) is 5.73 Å². The molecule has 1 aliphatic heterocycles. The lowest BCUT2D eigenvalue weighted by Crippen LogP contribution is -2.43. The minimum atomic E-state index is -3.04. The Kier molecular flexibility index (Phi) is 3.37. The number of hydrogen-bond donors (Lipinski definition) is 1. The van der Waals surface area contributed by atoms with Crippen molar-refractivity contribution >= 4 is 42.9 Å². The topological polar surface area (TPSA) is 80.5 Å². The van der Waals surface area contributed by atoms with Crippen molar-refractivity contribution in [2.24, 2.45) is 0 Å². The van der Waals surface area contributed by atoms with Crippen LogP contribution in [0.4, 0.5) is 10.1 Å². The van der Waals surface area contributed by atoms with Crippen LogP contribution in [0.15, 0.2) is 18.2 Å². The molecule has 0 atom stereocenters. The van der Waals surface area contributed by atoms with Crippen molar-refractivity contribution in [3.63, 3.8) is 0 Å². The van der Waals surface area contributed by atoms with Gasteiger partial charge in [-0.25, -0.2) is 12.8 Å². The van der Waals surface area contributed by atoms with Gasteiger partial charge in [-0.05, 0) is 18.2 Å². The maximum atomic E-state index is 13.3. The van der Waals surface area contributed by atoms with E-state index < -0.39 is 15.7 Å². The first-order valence-electron chi connectivity index (χ1n) is 6.34. The average Bonchev–Trinajstić information content (AvgIpc) is 2.75. The van der Waals surface area contributed by atoms with Crippen LogP contribution in [-0.2, 0) is 9.84 Å². The maximum absolute atomic E-state index is 13.3. The molecule has 2 aromatic rings. The smallest absolute Gasteiger partial charge is 0.266 e. The van der Waals surface area contributed by atoms with E-state index >= 15 is 0 Å². The molecule has 112 valence electrons. The van der Waals surface area contributed by atoms with Gasteiger partial charge in [0.1, 0.15) is 10.7 Å². The predicted molar refractivity (Wildman–Crippen MR) is 80.8 cm³/mol. The molecule has 8 heteroatoms. The number of carbonyl (C=O) groups excluding carboxylic acids is 1. The Balaban J connectivity index is 1.93. The fourth-order valence-corrected chi connectivity index (χ4v) is 4.58. The van der Waals surface area contributed by atoms with Gasteiger partial charge >= 0.3 is 0 Å². The Morgan fingerprint density at radius 2 is 1.95 bits per heavy atom. The van der Waals surface area contributed by atoms with Crippen molar-refractivity contribution in [2.75, 3.05) is 30.3 Å². The molecule has 5 nitrogen and oxygen atoms in total. The second-order valence-electron chi connectivity index (χ2n) is 4.93. The lowest BCUT2D eigenvalue weighted by Gasteiger charge is -2.26. The summed E-state index contributed by atoms with van der Waals surface area (Å²) in [5.41, 5.74) is 6.20. The first-order valence-corrected chi connectivity index (χ1v) is 8.98. The van der Waals surface area contributed by atoms with Gasteiger partial charge in [0.05, 0.1) is 17.2 Å². The number of hydrogen-bond acceptors (Lipinski definition) is 5. The third-order valence-corrected chi connectivity index (χ3v) is 6.30. The summed E-state index contributed by atoms with van der Waals surface area (Å²) in [6, 6.07) is 4.21. The van der Waals surface area contributed by atoms with Crippen LogP contribution in [0, 0.1) is 5.82 Å². The van der Waals surface area contributed by atoms with Crippen molar-refractivity contribution in [3.8, 4) is 0 Å². The van der Waals surface area contributed by atoms with Crippen LogP contribution < -0.4 is 5.73 Å². The van der Waals surface area contributed by atoms with E-state index in [0.717, 1.165) is 4.70 Å². The number of benzene rings is 1. The standard InChI is InChI=1S/C13H13FN2O3S2/c14-8-1-2-10-9(7-8)11(15)12(20-10)13(17)16-3-5-21(18,19)6-4-16/h1-2,7H,3-6,15H2. The first-order chi connectivity index (χ1) is 9.87. The van der Waals surface area contributed by atoms with E-state index in [-0.39, 0.29) is 36.2 Å². The summed E-state index contributed by atoms with van der Waals surface area (Å²) in [5.74, 6) is -0.754. The number of thiophene rings is 1. The summed E-state index contributed by atoms with van der Waals surface area (Å²) in [5, 5.41) is 0.521. The van der Waals surface area contributed by atoms with Crippen molar-refractivity contribution in [1.82, 2.24) is 4.90 Å². The van der Waals surface area contributed by atoms with Gasteiger partial charge in [0.2, 0.25) is 0 Å². The number of rotatable bonds is 1. The molecule has 2 heterocycles. The molecule has 3 rings (SSSR count). The molecule has 0 spiro atoms. The number of nitrogen functional groups attached to an aromatic ring is 1. The minimum absolute atomic E-state index is 0.0296. The van der Waals surface area contributed by atoms with Gasteiger partial charge in [0.15, 0.2) is 9.84 Å². The highest BCUT2D eigenvalue weighted by molar-refractivity contribution is 7.91. The van der Waals surface area contributed by atoms with Gasteiger partial charge in [0, 0.05) is 23.2 Å². The monoisotopic (exact) mass is 328 g/mol. The Morgan fingerprint density at radius 3 is 2.62 bits per heavy atom. The van der Waals surface area contributed by atoms with Crippen LogP contribution in [0.2, 0.25) is 0 Å². The van der Waals surface area contributed by atoms with Crippen LogP contribution in [0.5, 0.6) is 0 Å². The van der Waals surface area contributed by atoms with E-state index in [1.54, 1.807) is 6.07 Å². The molecule has 1 saturated heterocycles. The Morgan fingerprint density at radius 1 is 1.29 bits per heavy atom. The summed E-state index contributed by atoms with van der Waals surface area (Å²) in [6.07, 6.45) is 0. The zero-order valence-electron chi connectivity index (χ0n) is 11.0. The molecule has 0 radical (unpaired) electrons. The predicted octanol–water partition coefficient (Wildman–Crippen LogP) is 1.49. The second kappa shape index (κ2) is 4.96. The largest absolute Gasteiger partial charge is 0.397 e. The lowest BCUT2D eigenvalue weighted by atomic mass is 10.2. The van der Waals surface area contributed by atoms with Gasteiger partial charge in [-0.1, -0.05) is 0 Å². The Hall–Kier alpha value is -1.67. The summed E-state index contributed by atoms with van der Waals surface area (Å²) < 4.78 is 36.8. The minimum Gasteiger partial charge on any atom is -0.397 e. The third-order valence-electron chi connectivity index (χ3n) is 3.51. The number of anilines is 1. The number of nitrogens with two attached hydrogens (primary N) is 1. The van der Waals surface area contributed by atoms with Gasteiger partial charge in [0.25, 0.3) is 5.91 Å². The molecule has 1 amide bonds. The number of amides is 1. The van der Waals surface area contributed by atoms with Crippen LogP contribution in [-0.4, -0.2) is 43.8 Å². The van der Waals surface area contributed by atoms with Gasteiger partial charge < -0.3 is 10.6 Å². The van der Waals surface area contributed by atoms with Crippen LogP contribution >= 0.6 is 11.3 Å². The summed E-state index contributed by atoms with van der Waals surface area (Å²) >= 11 is 1.20. The van der Waals surface area contributed by atoms with Crippen LogP contribution in [0.25, 0.3) is 10.1 Å². The summed E-state index contributed by atoms with van der Waals surface area (Å²) in [6.45, 7) is 0.340. The van der Waals surface area contributed by atoms with E-state index in [1.165, 1.54) is 28.4 Å². The van der Waals surface area contributed by atoms with E-state index in [0.29, 0.717) is 10.3 Å². The van der Waals surface area contributed by atoms with Gasteiger partial charge in [-0.2, -0.15) is 0 Å². The molecule has 2 N–H and O–H groups in total. The molecule has 0 unspecified atom stereocenters. The summed E-state index contributed by atoms with van der Waals surface area (Å²) in [4.78, 5) is 14.3. The number of carbonyl (C=O) groups is 1. The van der Waals surface area contributed by atoms with Gasteiger partial charge in [-0.15, -0.1) is 11.3 Å². The lowest BCUT2D eigenvalue weighted by molar-refractivity contribution is 0.0776. The maximum Gasteiger partial charge on any atom is 0.266 e. The third kappa shape index (κ3) is 2.60. The molecule has 0 bridgehead atoms. The molecule has 21 heavy (non-hydrogen) atoms. The van der Waals surface area contributed by atoms with E-state index in [1.807, 2.05) is 0 Å². The Bertz CT molecular complexity index is 815. The van der Waals surface area contributed by atoms with Crippen LogP contribution in [0.1, 0.15) is 9.67 Å². The van der Waals surface area contributed by atoms with Crippen molar-refractivity contribution in [2.45, 2.75) is 0 Å². The highest BCUT2D eigenvalue weighted by Gasteiger charge is 2.28. The summed E-state index contributed by atoms with van der Waals surface area (Å²) in [7, 11) is -3.04. The normalized spacial score (nSPS) is 18.0. The van der Waals surface area contributed by atoms with Crippen molar-refractivity contribution in [1.29, 1.82) is 0 Å². The zero-order valence-corrected chi connectivity index (χ0v) is 12.6. The number of halogens is 1. The van der Waals surface area contributed by atoms with Gasteiger partial charge in [-0.3, -0.25) is 4.79 Å². The van der Waals surface area contributed by atoms with Crippen molar-refractivity contribution in [3.05, 3.63) is 28.9 Å². The highest BCUT2D eigenvalue weighted by atomic mass is 32.2. The second-order valence-corrected chi connectivity index (χ2v) is 8.29. The first kappa shape index (κ1) is 14.3. The van der Waals surface area contributed by atoms with Crippen LogP contribution in [0.3, 0.4) is 0 Å². The average molecular weight is 328 g/mol. The molecule has 1 aromatic carbocycles. The SMILES string of the molecule is Nc1c(C(=O)N2CCS(=O)(=O)CC2)sc2ccc(F)cc12. The Labute approximate surface area is 125 Å². The molecule has 0 aliphatic carbocycles. The highest BCUT2D eigenvalue weighted by Crippen LogP contribution is 2.35. The number of fused-ring (bicyclic) bond motifs is 1. The number of nitrogens with zero attached hydrogens (tertiary/aromatic N) is 1. The van der Waals surface area contributed by atoms with E-state index in [9.17, 15) is 17.6 Å². The molecule has 1 aromatic heterocycles. The zero-order chi connectivity index (χ0) is 15.2. The molecule has 1 fully saturated rings. The number of sulfone groups is 1. The fraction of sp³-hybridized carbons (Fsp3) is 0.308. The molecular formula is C13H13FN2O3S2. The quantitative estimate of drug-likeness (QED) is 0.860. The fourth-order valence-electron chi connectivity index (χ4n) is 2.31.